The summed E-state index contributed by atoms with van der Waals surface area (Å²) in [6, 6.07) is 6.44. The highest BCUT2D eigenvalue weighted by atomic mass is 19.1. The Morgan fingerprint density at radius 2 is 1.95 bits per heavy atom. The van der Waals surface area contributed by atoms with E-state index in [-0.39, 0.29) is 18.5 Å². The summed E-state index contributed by atoms with van der Waals surface area (Å²) in [5, 5.41) is 5.68. The number of benzene rings is 1. The molecule has 1 atom stereocenters. The minimum atomic E-state index is -0.619. The quantitative estimate of drug-likeness (QED) is 0.862. The fraction of sp³-hybridized carbons (Fsp3) is 0.250. The molecule has 22 heavy (non-hydrogen) atoms. The van der Waals surface area contributed by atoms with Crippen LogP contribution >= 0.6 is 0 Å². The van der Waals surface area contributed by atoms with Crippen molar-refractivity contribution in [1.29, 1.82) is 0 Å². The summed E-state index contributed by atoms with van der Waals surface area (Å²) in [6.45, 7) is 1.89. The van der Waals surface area contributed by atoms with Crippen LogP contribution in [0.25, 0.3) is 0 Å². The Kier molecular flexibility index (Phi) is 5.55. The van der Waals surface area contributed by atoms with Crippen molar-refractivity contribution < 1.29 is 13.6 Å². The molecule has 1 heterocycles. The van der Waals surface area contributed by atoms with Crippen LogP contribution < -0.4 is 10.6 Å². The topological polar surface area (TPSA) is 54.0 Å². The Labute approximate surface area is 127 Å². The summed E-state index contributed by atoms with van der Waals surface area (Å²) in [7, 11) is 0. The lowest BCUT2D eigenvalue weighted by molar-refractivity contribution is -0.115. The van der Waals surface area contributed by atoms with Gasteiger partial charge in [-0.3, -0.25) is 9.78 Å². The number of rotatable bonds is 6. The number of carbonyl (C=O) groups is 1. The summed E-state index contributed by atoms with van der Waals surface area (Å²) in [5.74, 6) is -1.48. The van der Waals surface area contributed by atoms with Gasteiger partial charge < -0.3 is 10.6 Å². The second kappa shape index (κ2) is 7.61. The fourth-order valence-electron chi connectivity index (χ4n) is 2.11. The van der Waals surface area contributed by atoms with Crippen LogP contribution in [0.2, 0.25) is 0 Å². The van der Waals surface area contributed by atoms with Gasteiger partial charge in [0.15, 0.2) is 0 Å². The molecule has 0 spiro atoms. The molecule has 0 saturated heterocycles. The maximum atomic E-state index is 13.8. The van der Waals surface area contributed by atoms with Gasteiger partial charge in [-0.1, -0.05) is 13.0 Å². The van der Waals surface area contributed by atoms with Crippen LogP contribution in [0.15, 0.2) is 42.7 Å². The second-order valence-electron chi connectivity index (χ2n) is 4.79. The third-order valence-electron chi connectivity index (χ3n) is 3.22. The van der Waals surface area contributed by atoms with Crippen molar-refractivity contribution in [2.24, 2.45) is 0 Å². The molecule has 0 aliphatic carbocycles. The van der Waals surface area contributed by atoms with Crippen molar-refractivity contribution in [3.63, 3.8) is 0 Å². The van der Waals surface area contributed by atoms with E-state index in [4.69, 9.17) is 0 Å². The maximum absolute atomic E-state index is 13.8. The van der Waals surface area contributed by atoms with Crippen molar-refractivity contribution in [3.05, 3.63) is 59.9 Å². The molecule has 116 valence electrons. The summed E-state index contributed by atoms with van der Waals surface area (Å²) in [6.07, 6.45) is 3.72. The number of aromatic nitrogens is 1. The zero-order valence-corrected chi connectivity index (χ0v) is 12.1. The van der Waals surface area contributed by atoms with Gasteiger partial charge in [0.1, 0.15) is 11.6 Å². The van der Waals surface area contributed by atoms with E-state index >= 15 is 0 Å². The SMILES string of the molecule is CC[C@@H](NCC(=O)Nc1ccncc1)c1ccc(F)cc1F. The first kappa shape index (κ1) is 16.0. The number of hydrogen-bond donors (Lipinski definition) is 2. The first-order valence-corrected chi connectivity index (χ1v) is 6.98. The highest BCUT2D eigenvalue weighted by molar-refractivity contribution is 5.92. The molecule has 1 aromatic carbocycles. The van der Waals surface area contributed by atoms with E-state index in [1.807, 2.05) is 6.92 Å². The zero-order chi connectivity index (χ0) is 15.9. The minimum absolute atomic E-state index is 0.0254. The molecule has 0 saturated carbocycles. The third kappa shape index (κ3) is 4.33. The van der Waals surface area contributed by atoms with Crippen LogP contribution in [0.5, 0.6) is 0 Å². The first-order valence-electron chi connectivity index (χ1n) is 6.98. The van der Waals surface area contributed by atoms with E-state index in [1.54, 1.807) is 24.5 Å². The first-order chi connectivity index (χ1) is 10.6. The zero-order valence-electron chi connectivity index (χ0n) is 12.1. The average molecular weight is 305 g/mol. The third-order valence-corrected chi connectivity index (χ3v) is 3.22. The molecule has 6 heteroatoms. The van der Waals surface area contributed by atoms with Gasteiger partial charge in [0.25, 0.3) is 0 Å². The van der Waals surface area contributed by atoms with Crippen molar-refractivity contribution in [3.8, 4) is 0 Å². The number of carbonyl (C=O) groups excluding carboxylic acids is 1. The number of hydrogen-bond acceptors (Lipinski definition) is 3. The summed E-state index contributed by atoms with van der Waals surface area (Å²) < 4.78 is 26.7. The molecule has 2 N–H and O–H groups in total. The van der Waals surface area contributed by atoms with Gasteiger partial charge in [0.05, 0.1) is 6.54 Å². The Hall–Kier alpha value is -2.34. The molecule has 0 aliphatic heterocycles. The van der Waals surface area contributed by atoms with Crippen LogP contribution in [-0.4, -0.2) is 17.4 Å². The molecule has 4 nitrogen and oxygen atoms in total. The number of amides is 1. The van der Waals surface area contributed by atoms with E-state index in [2.05, 4.69) is 15.6 Å². The molecule has 2 aromatic rings. The predicted molar refractivity (Wildman–Crippen MR) is 80.3 cm³/mol. The van der Waals surface area contributed by atoms with Crippen molar-refractivity contribution in [2.45, 2.75) is 19.4 Å². The molecule has 0 unspecified atom stereocenters. The predicted octanol–water partition coefficient (Wildman–Crippen LogP) is 3.04. The maximum Gasteiger partial charge on any atom is 0.238 e. The Bertz CT molecular complexity index is 635. The normalized spacial score (nSPS) is 12.0. The van der Waals surface area contributed by atoms with Gasteiger partial charge in [-0.15, -0.1) is 0 Å². The summed E-state index contributed by atoms with van der Waals surface area (Å²) in [4.78, 5) is 15.7. The second-order valence-corrected chi connectivity index (χ2v) is 4.79. The fourth-order valence-corrected chi connectivity index (χ4v) is 2.11. The monoisotopic (exact) mass is 305 g/mol. The smallest absolute Gasteiger partial charge is 0.238 e. The number of halogens is 2. The Morgan fingerprint density at radius 3 is 2.59 bits per heavy atom. The molecule has 0 fully saturated rings. The van der Waals surface area contributed by atoms with Crippen LogP contribution in [0.4, 0.5) is 14.5 Å². The van der Waals surface area contributed by atoms with Crippen LogP contribution in [0, 0.1) is 11.6 Å². The Morgan fingerprint density at radius 1 is 1.23 bits per heavy atom. The largest absolute Gasteiger partial charge is 0.325 e. The van der Waals surface area contributed by atoms with E-state index in [0.717, 1.165) is 6.07 Å². The van der Waals surface area contributed by atoms with Gasteiger partial charge in [0, 0.05) is 35.8 Å². The number of anilines is 1. The molecule has 0 radical (unpaired) electrons. The molecular formula is C16H17F2N3O. The average Bonchev–Trinajstić information content (AvgIpc) is 2.50. The van der Waals surface area contributed by atoms with Crippen molar-refractivity contribution in [2.75, 3.05) is 11.9 Å². The molecular weight excluding hydrogens is 288 g/mol. The van der Waals surface area contributed by atoms with E-state index in [1.165, 1.54) is 12.1 Å². The van der Waals surface area contributed by atoms with E-state index in [9.17, 15) is 13.6 Å². The highest BCUT2D eigenvalue weighted by Crippen LogP contribution is 2.20. The lowest BCUT2D eigenvalue weighted by Crippen LogP contribution is -2.31. The van der Waals surface area contributed by atoms with Crippen LogP contribution in [0.3, 0.4) is 0 Å². The summed E-state index contributed by atoms with van der Waals surface area (Å²) >= 11 is 0. The highest BCUT2D eigenvalue weighted by Gasteiger charge is 2.15. The minimum Gasteiger partial charge on any atom is -0.325 e. The Balaban J connectivity index is 1.94. The van der Waals surface area contributed by atoms with Gasteiger partial charge in [-0.05, 0) is 24.6 Å². The molecule has 2 rings (SSSR count). The van der Waals surface area contributed by atoms with E-state index in [0.29, 0.717) is 17.7 Å². The molecule has 1 aromatic heterocycles. The van der Waals surface area contributed by atoms with Crippen LogP contribution in [0.1, 0.15) is 24.9 Å². The standard InChI is InChI=1S/C16H17F2N3O/c1-2-15(13-4-3-11(17)9-14(13)18)20-10-16(22)21-12-5-7-19-8-6-12/h3-9,15,20H,2,10H2,1H3,(H,19,21,22)/t15-/m1/s1. The number of pyridine rings is 1. The summed E-state index contributed by atoms with van der Waals surface area (Å²) in [5.41, 5.74) is 0.989. The lowest BCUT2D eigenvalue weighted by Gasteiger charge is -2.18. The number of nitrogens with one attached hydrogen (secondary N) is 2. The lowest BCUT2D eigenvalue weighted by atomic mass is 10.0. The van der Waals surface area contributed by atoms with Gasteiger partial charge in [-0.25, -0.2) is 8.78 Å². The van der Waals surface area contributed by atoms with Crippen LogP contribution in [-0.2, 0) is 4.79 Å². The molecule has 0 aliphatic rings. The molecule has 1 amide bonds. The number of nitrogens with zero attached hydrogens (tertiary/aromatic N) is 1. The van der Waals surface area contributed by atoms with Crippen molar-refractivity contribution in [1.82, 2.24) is 10.3 Å². The van der Waals surface area contributed by atoms with Gasteiger partial charge >= 0.3 is 0 Å². The van der Waals surface area contributed by atoms with Crippen molar-refractivity contribution >= 4 is 11.6 Å². The van der Waals surface area contributed by atoms with E-state index < -0.39 is 11.6 Å². The molecule has 0 bridgehead atoms. The van der Waals surface area contributed by atoms with Gasteiger partial charge in [-0.2, -0.15) is 0 Å². The van der Waals surface area contributed by atoms with Gasteiger partial charge in [0.2, 0.25) is 5.91 Å².